The monoisotopic (exact) mass is 172 g/mol. The van der Waals surface area contributed by atoms with E-state index in [1.54, 1.807) is 0 Å². The highest BCUT2D eigenvalue weighted by molar-refractivity contribution is 8.00. The minimum absolute atomic E-state index is 0.997. The van der Waals surface area contributed by atoms with E-state index < -0.39 is 0 Å². The van der Waals surface area contributed by atoms with Crippen LogP contribution in [-0.2, 0) is 0 Å². The molecule has 0 aromatic carbocycles. The summed E-state index contributed by atoms with van der Waals surface area (Å²) in [5, 5.41) is 2.01. The van der Waals surface area contributed by atoms with Crippen molar-refractivity contribution in [3.8, 4) is 0 Å². The second-order valence-corrected chi connectivity index (χ2v) is 5.11. The topological polar surface area (TPSA) is 0 Å². The normalized spacial score (nSPS) is 31.1. The molecule has 0 radical (unpaired) electrons. The van der Waals surface area contributed by atoms with Crippen LogP contribution in [0.4, 0.5) is 0 Å². The Hall–Kier alpha value is 0.350. The Morgan fingerprint density at radius 3 is 2.45 bits per heavy atom. The zero-order valence-electron chi connectivity index (χ0n) is 7.81. The second kappa shape index (κ2) is 5.08. The molecule has 0 bridgehead atoms. The van der Waals surface area contributed by atoms with Crippen LogP contribution in [0.5, 0.6) is 0 Å². The zero-order chi connectivity index (χ0) is 8.10. The molecule has 0 aliphatic carbocycles. The predicted octanol–water partition coefficient (Wildman–Crippen LogP) is 3.85. The summed E-state index contributed by atoms with van der Waals surface area (Å²) >= 11 is 2.25. The fourth-order valence-electron chi connectivity index (χ4n) is 1.72. The molecule has 1 rings (SSSR count). The smallest absolute Gasteiger partial charge is 0.00502 e. The van der Waals surface area contributed by atoms with Crippen LogP contribution in [0.25, 0.3) is 0 Å². The van der Waals surface area contributed by atoms with Crippen LogP contribution < -0.4 is 0 Å². The highest BCUT2D eigenvalue weighted by Crippen LogP contribution is 2.37. The summed E-state index contributed by atoms with van der Waals surface area (Å²) in [7, 11) is 0. The number of rotatable bonds is 4. The van der Waals surface area contributed by atoms with Crippen molar-refractivity contribution in [1.29, 1.82) is 0 Å². The fourth-order valence-corrected chi connectivity index (χ4v) is 3.31. The third kappa shape index (κ3) is 3.06. The molecule has 0 saturated carbocycles. The number of thioether (sulfide) groups is 1. The molecule has 0 aromatic heterocycles. The maximum Gasteiger partial charge on any atom is 0.00502 e. The van der Waals surface area contributed by atoms with Crippen molar-refractivity contribution in [3.05, 3.63) is 0 Å². The van der Waals surface area contributed by atoms with Gasteiger partial charge < -0.3 is 0 Å². The van der Waals surface area contributed by atoms with Crippen LogP contribution >= 0.6 is 11.8 Å². The van der Waals surface area contributed by atoms with Crippen molar-refractivity contribution in [3.63, 3.8) is 0 Å². The summed E-state index contributed by atoms with van der Waals surface area (Å²) in [4.78, 5) is 0. The van der Waals surface area contributed by atoms with Crippen LogP contribution in [0.3, 0.4) is 0 Å². The van der Waals surface area contributed by atoms with Crippen molar-refractivity contribution in [2.24, 2.45) is 0 Å². The molecule has 0 N–H and O–H groups in total. The van der Waals surface area contributed by atoms with E-state index in [1.165, 1.54) is 38.5 Å². The molecule has 1 heteroatoms. The maximum atomic E-state index is 2.32. The quantitative estimate of drug-likeness (QED) is 0.620. The summed E-state index contributed by atoms with van der Waals surface area (Å²) in [5.74, 6) is 0. The average Bonchev–Trinajstić information content (AvgIpc) is 2.48. The van der Waals surface area contributed by atoms with Gasteiger partial charge in [0.1, 0.15) is 0 Å². The molecule has 11 heavy (non-hydrogen) atoms. The van der Waals surface area contributed by atoms with Gasteiger partial charge in [-0.05, 0) is 25.7 Å². The average molecular weight is 172 g/mol. The molecule has 0 nitrogen and oxygen atoms in total. The van der Waals surface area contributed by atoms with Gasteiger partial charge in [-0.2, -0.15) is 11.8 Å². The Morgan fingerprint density at radius 2 is 1.91 bits per heavy atom. The minimum Gasteiger partial charge on any atom is -0.155 e. The van der Waals surface area contributed by atoms with Crippen molar-refractivity contribution in [1.82, 2.24) is 0 Å². The Balaban J connectivity index is 2.09. The van der Waals surface area contributed by atoms with E-state index in [1.807, 2.05) is 0 Å². The van der Waals surface area contributed by atoms with Gasteiger partial charge in [-0.3, -0.25) is 0 Å². The lowest BCUT2D eigenvalue weighted by atomic mass is 10.1. The third-order valence-corrected chi connectivity index (χ3v) is 4.34. The standard InChI is InChI=1S/C10H20S/c1-3-5-6-10-8-7-9(4-2)11-10/h9-10H,3-8H2,1-2H3. The first-order valence-electron chi connectivity index (χ1n) is 5.02. The van der Waals surface area contributed by atoms with Crippen molar-refractivity contribution in [2.45, 2.75) is 62.9 Å². The summed E-state index contributed by atoms with van der Waals surface area (Å²) in [6.45, 7) is 4.61. The lowest BCUT2D eigenvalue weighted by Crippen LogP contribution is -1.96. The van der Waals surface area contributed by atoms with Crippen LogP contribution in [-0.4, -0.2) is 10.5 Å². The largest absolute Gasteiger partial charge is 0.155 e. The van der Waals surface area contributed by atoms with Gasteiger partial charge in [-0.1, -0.05) is 26.7 Å². The first kappa shape index (κ1) is 9.44. The fraction of sp³-hybridized carbons (Fsp3) is 1.00. The molecule has 1 heterocycles. The lowest BCUT2D eigenvalue weighted by Gasteiger charge is -2.08. The van der Waals surface area contributed by atoms with E-state index in [2.05, 4.69) is 25.6 Å². The van der Waals surface area contributed by atoms with Gasteiger partial charge >= 0.3 is 0 Å². The molecule has 2 atom stereocenters. The molecule has 1 saturated heterocycles. The van der Waals surface area contributed by atoms with Gasteiger partial charge in [-0.25, -0.2) is 0 Å². The van der Waals surface area contributed by atoms with Crippen LogP contribution in [0, 0.1) is 0 Å². The Morgan fingerprint density at radius 1 is 1.18 bits per heavy atom. The molecule has 2 unspecified atom stereocenters. The van der Waals surface area contributed by atoms with E-state index in [9.17, 15) is 0 Å². The number of hydrogen-bond donors (Lipinski definition) is 0. The van der Waals surface area contributed by atoms with Crippen molar-refractivity contribution < 1.29 is 0 Å². The maximum absolute atomic E-state index is 2.32. The number of hydrogen-bond acceptors (Lipinski definition) is 1. The van der Waals surface area contributed by atoms with E-state index in [0.717, 1.165) is 10.5 Å². The second-order valence-electron chi connectivity index (χ2n) is 3.51. The molecular formula is C10H20S. The molecule has 0 amide bonds. The Bertz CT molecular complexity index is 101. The van der Waals surface area contributed by atoms with Gasteiger partial charge in [0, 0.05) is 10.5 Å². The Labute approximate surface area is 75.1 Å². The summed E-state index contributed by atoms with van der Waals surface area (Å²) < 4.78 is 0. The molecule has 1 aliphatic rings. The molecule has 1 fully saturated rings. The summed E-state index contributed by atoms with van der Waals surface area (Å²) in [5.41, 5.74) is 0. The van der Waals surface area contributed by atoms with Gasteiger partial charge in [0.2, 0.25) is 0 Å². The lowest BCUT2D eigenvalue weighted by molar-refractivity contribution is 0.641. The minimum atomic E-state index is 0.997. The van der Waals surface area contributed by atoms with E-state index in [-0.39, 0.29) is 0 Å². The van der Waals surface area contributed by atoms with Crippen molar-refractivity contribution in [2.75, 3.05) is 0 Å². The van der Waals surface area contributed by atoms with Crippen LogP contribution in [0.15, 0.2) is 0 Å². The van der Waals surface area contributed by atoms with E-state index in [0.29, 0.717) is 0 Å². The SMILES string of the molecule is CCCCC1CCC(CC)S1. The molecule has 66 valence electrons. The summed E-state index contributed by atoms with van der Waals surface area (Å²) in [6.07, 6.45) is 8.63. The first-order chi connectivity index (χ1) is 5.36. The predicted molar refractivity (Wildman–Crippen MR) is 54.2 cm³/mol. The first-order valence-corrected chi connectivity index (χ1v) is 5.96. The highest BCUT2D eigenvalue weighted by Gasteiger charge is 2.22. The Kier molecular flexibility index (Phi) is 4.36. The number of unbranched alkanes of at least 4 members (excludes halogenated alkanes) is 1. The van der Waals surface area contributed by atoms with E-state index >= 15 is 0 Å². The molecule has 0 spiro atoms. The molecular weight excluding hydrogens is 152 g/mol. The van der Waals surface area contributed by atoms with Crippen molar-refractivity contribution >= 4 is 11.8 Å². The van der Waals surface area contributed by atoms with E-state index in [4.69, 9.17) is 0 Å². The van der Waals surface area contributed by atoms with Gasteiger partial charge in [0.05, 0.1) is 0 Å². The van der Waals surface area contributed by atoms with Crippen LogP contribution in [0.2, 0.25) is 0 Å². The van der Waals surface area contributed by atoms with Gasteiger partial charge in [0.25, 0.3) is 0 Å². The molecule has 1 aliphatic heterocycles. The third-order valence-electron chi connectivity index (χ3n) is 2.53. The molecule has 0 aromatic rings. The highest BCUT2D eigenvalue weighted by atomic mass is 32.2. The zero-order valence-corrected chi connectivity index (χ0v) is 8.62. The van der Waals surface area contributed by atoms with Gasteiger partial charge in [0.15, 0.2) is 0 Å². The summed E-state index contributed by atoms with van der Waals surface area (Å²) in [6, 6.07) is 0. The van der Waals surface area contributed by atoms with Gasteiger partial charge in [-0.15, -0.1) is 0 Å². The van der Waals surface area contributed by atoms with Crippen LogP contribution in [0.1, 0.15) is 52.4 Å².